The maximum atomic E-state index is 12.8. The Morgan fingerprint density at radius 2 is 2.17 bits per heavy atom. The maximum Gasteiger partial charge on any atom is 0.265 e. The Morgan fingerprint density at radius 3 is 2.50 bits per heavy atom. The normalized spacial score (nSPS) is 29.1. The fourth-order valence-electron chi connectivity index (χ4n) is 1.25. The average molecular weight is 199 g/mol. The zero-order valence-corrected chi connectivity index (χ0v) is 7.50. The molecule has 0 aromatic heterocycles. The number of sulfone groups is 1. The van der Waals surface area contributed by atoms with Crippen molar-refractivity contribution in [3.63, 3.8) is 0 Å². The molecule has 0 aliphatic carbocycles. The van der Waals surface area contributed by atoms with Gasteiger partial charge in [-0.3, -0.25) is 0 Å². The number of halogens is 2. The van der Waals surface area contributed by atoms with E-state index in [0.29, 0.717) is 0 Å². The second-order valence-electron chi connectivity index (χ2n) is 3.18. The van der Waals surface area contributed by atoms with E-state index in [2.05, 4.69) is 5.32 Å². The molecule has 0 aromatic carbocycles. The first kappa shape index (κ1) is 9.85. The molecule has 6 heteroatoms. The summed E-state index contributed by atoms with van der Waals surface area (Å²) in [4.78, 5) is 0. The quantitative estimate of drug-likeness (QED) is 0.674. The Morgan fingerprint density at radius 1 is 1.58 bits per heavy atom. The van der Waals surface area contributed by atoms with E-state index >= 15 is 0 Å². The minimum atomic E-state index is -3.30. The lowest BCUT2D eigenvalue weighted by Gasteiger charge is -2.15. The van der Waals surface area contributed by atoms with Crippen LogP contribution in [-0.2, 0) is 9.84 Å². The molecule has 1 heterocycles. The Bertz CT molecular complexity index is 263. The first-order valence-corrected chi connectivity index (χ1v) is 5.63. The standard InChI is InChI=1S/C6H11F2NO2S/c1-12(10,11)3-5-2-9-4-6(5,7)8/h5,9H,2-4H2,1H3. The average Bonchev–Trinajstić information content (AvgIpc) is 2.07. The van der Waals surface area contributed by atoms with Crippen LogP contribution in [0.1, 0.15) is 0 Å². The lowest BCUT2D eigenvalue weighted by Crippen LogP contribution is -2.31. The van der Waals surface area contributed by atoms with Crippen molar-refractivity contribution < 1.29 is 17.2 Å². The van der Waals surface area contributed by atoms with Crippen LogP contribution < -0.4 is 5.32 Å². The number of hydrogen-bond donors (Lipinski definition) is 1. The van der Waals surface area contributed by atoms with Crippen LogP contribution in [0.5, 0.6) is 0 Å². The highest BCUT2D eigenvalue weighted by Gasteiger charge is 2.45. The molecule has 0 saturated carbocycles. The van der Waals surface area contributed by atoms with Crippen molar-refractivity contribution in [1.82, 2.24) is 5.32 Å². The Labute approximate surface area is 70.1 Å². The predicted octanol–water partition coefficient (Wildman–Crippen LogP) is -0.114. The lowest BCUT2D eigenvalue weighted by molar-refractivity contribution is -0.0136. The molecule has 0 bridgehead atoms. The van der Waals surface area contributed by atoms with E-state index in [1.165, 1.54) is 0 Å². The first-order valence-electron chi connectivity index (χ1n) is 3.57. The summed E-state index contributed by atoms with van der Waals surface area (Å²) in [5.41, 5.74) is 0. The van der Waals surface area contributed by atoms with Gasteiger partial charge in [0.2, 0.25) is 0 Å². The van der Waals surface area contributed by atoms with E-state index in [9.17, 15) is 17.2 Å². The molecule has 1 fully saturated rings. The van der Waals surface area contributed by atoms with Gasteiger partial charge in [0.1, 0.15) is 9.84 Å². The minimum Gasteiger partial charge on any atom is -0.311 e. The molecular formula is C6H11F2NO2S. The molecule has 1 saturated heterocycles. The summed E-state index contributed by atoms with van der Waals surface area (Å²) in [5.74, 6) is -4.37. The van der Waals surface area contributed by atoms with Gasteiger partial charge < -0.3 is 5.32 Å². The van der Waals surface area contributed by atoms with Gasteiger partial charge in [-0.25, -0.2) is 17.2 Å². The van der Waals surface area contributed by atoms with E-state index in [-0.39, 0.29) is 6.54 Å². The third kappa shape index (κ3) is 2.38. The molecular weight excluding hydrogens is 188 g/mol. The van der Waals surface area contributed by atoms with Crippen molar-refractivity contribution in [2.75, 3.05) is 25.1 Å². The summed E-state index contributed by atoms with van der Waals surface area (Å²) in [7, 11) is -3.30. The van der Waals surface area contributed by atoms with Gasteiger partial charge in [0.05, 0.1) is 18.2 Å². The summed E-state index contributed by atoms with van der Waals surface area (Å²) >= 11 is 0. The molecule has 1 atom stereocenters. The molecule has 1 unspecified atom stereocenters. The lowest BCUT2D eigenvalue weighted by atomic mass is 10.1. The largest absolute Gasteiger partial charge is 0.311 e. The van der Waals surface area contributed by atoms with Crippen molar-refractivity contribution in [1.29, 1.82) is 0 Å². The van der Waals surface area contributed by atoms with E-state index in [1.54, 1.807) is 0 Å². The van der Waals surface area contributed by atoms with Crippen molar-refractivity contribution in [2.24, 2.45) is 5.92 Å². The molecule has 0 aromatic rings. The van der Waals surface area contributed by atoms with E-state index in [4.69, 9.17) is 0 Å². The Kier molecular flexibility index (Phi) is 2.40. The van der Waals surface area contributed by atoms with Gasteiger partial charge in [-0.15, -0.1) is 0 Å². The van der Waals surface area contributed by atoms with E-state index < -0.39 is 34.0 Å². The smallest absolute Gasteiger partial charge is 0.265 e. The second-order valence-corrected chi connectivity index (χ2v) is 5.37. The molecule has 1 N–H and O–H groups in total. The number of rotatable bonds is 2. The minimum absolute atomic E-state index is 0.0834. The topological polar surface area (TPSA) is 46.2 Å². The van der Waals surface area contributed by atoms with Crippen LogP contribution in [0.2, 0.25) is 0 Å². The predicted molar refractivity (Wildman–Crippen MR) is 41.0 cm³/mol. The Hall–Kier alpha value is -0.230. The van der Waals surface area contributed by atoms with Gasteiger partial charge >= 0.3 is 0 Å². The van der Waals surface area contributed by atoms with E-state index in [0.717, 1.165) is 6.26 Å². The van der Waals surface area contributed by atoms with Gasteiger partial charge in [-0.1, -0.05) is 0 Å². The van der Waals surface area contributed by atoms with Gasteiger partial charge in [-0.05, 0) is 0 Å². The van der Waals surface area contributed by atoms with Gasteiger partial charge in [-0.2, -0.15) is 0 Å². The molecule has 1 aliphatic heterocycles. The molecule has 0 spiro atoms. The summed E-state index contributed by atoms with van der Waals surface area (Å²) in [6.45, 7) is -0.326. The fraction of sp³-hybridized carbons (Fsp3) is 1.00. The van der Waals surface area contributed by atoms with Crippen molar-refractivity contribution >= 4 is 9.84 Å². The first-order chi connectivity index (χ1) is 5.31. The van der Waals surface area contributed by atoms with Crippen molar-refractivity contribution in [3.8, 4) is 0 Å². The van der Waals surface area contributed by atoms with Crippen molar-refractivity contribution in [3.05, 3.63) is 0 Å². The number of nitrogens with one attached hydrogen (secondary N) is 1. The summed E-state index contributed by atoms with van der Waals surface area (Å²) in [6, 6.07) is 0. The SMILES string of the molecule is CS(=O)(=O)CC1CNCC1(F)F. The van der Waals surface area contributed by atoms with Gasteiger partial charge in [0.15, 0.2) is 0 Å². The third-order valence-electron chi connectivity index (χ3n) is 1.85. The van der Waals surface area contributed by atoms with Gasteiger partial charge in [0, 0.05) is 12.8 Å². The monoisotopic (exact) mass is 199 g/mol. The van der Waals surface area contributed by atoms with Crippen LogP contribution >= 0.6 is 0 Å². The summed E-state index contributed by atoms with van der Waals surface area (Å²) in [6.07, 6.45) is 0.974. The highest BCUT2D eigenvalue weighted by Crippen LogP contribution is 2.28. The second kappa shape index (κ2) is 2.92. The van der Waals surface area contributed by atoms with Gasteiger partial charge in [0.25, 0.3) is 5.92 Å². The fourth-order valence-corrected chi connectivity index (χ4v) is 2.35. The molecule has 0 radical (unpaired) electrons. The highest BCUT2D eigenvalue weighted by atomic mass is 32.2. The summed E-state index contributed by atoms with van der Waals surface area (Å²) in [5, 5.41) is 2.47. The van der Waals surface area contributed by atoms with Crippen LogP contribution in [0, 0.1) is 5.92 Å². The number of hydrogen-bond acceptors (Lipinski definition) is 3. The number of alkyl halides is 2. The Balaban J connectivity index is 2.65. The maximum absolute atomic E-state index is 12.8. The van der Waals surface area contributed by atoms with Crippen molar-refractivity contribution in [2.45, 2.75) is 5.92 Å². The zero-order chi connectivity index (χ0) is 9.41. The van der Waals surface area contributed by atoms with Crippen LogP contribution in [0.15, 0.2) is 0 Å². The van der Waals surface area contributed by atoms with E-state index in [1.807, 2.05) is 0 Å². The molecule has 0 amide bonds. The van der Waals surface area contributed by atoms with Crippen LogP contribution in [0.4, 0.5) is 8.78 Å². The van der Waals surface area contributed by atoms with Crippen LogP contribution in [0.25, 0.3) is 0 Å². The molecule has 12 heavy (non-hydrogen) atoms. The molecule has 72 valence electrons. The van der Waals surface area contributed by atoms with Crippen LogP contribution in [0.3, 0.4) is 0 Å². The molecule has 3 nitrogen and oxygen atoms in total. The molecule has 1 rings (SSSR count). The third-order valence-corrected chi connectivity index (χ3v) is 2.86. The summed E-state index contributed by atoms with van der Waals surface area (Å²) < 4.78 is 47.1. The molecule has 1 aliphatic rings. The van der Waals surface area contributed by atoms with Crippen LogP contribution in [-0.4, -0.2) is 39.4 Å². The zero-order valence-electron chi connectivity index (χ0n) is 6.68. The highest BCUT2D eigenvalue weighted by molar-refractivity contribution is 7.90.